The van der Waals surface area contributed by atoms with Gasteiger partial charge in [-0.3, -0.25) is 0 Å². The van der Waals surface area contributed by atoms with Crippen molar-refractivity contribution in [3.8, 4) is 11.5 Å². The number of rotatable bonds is 6. The molecule has 1 saturated carbocycles. The van der Waals surface area contributed by atoms with Crippen molar-refractivity contribution in [1.29, 1.82) is 0 Å². The summed E-state index contributed by atoms with van der Waals surface area (Å²) in [7, 11) is 1.71. The predicted molar refractivity (Wildman–Crippen MR) is 99.7 cm³/mol. The number of ether oxygens (including phenoxy) is 2. The zero-order valence-electron chi connectivity index (χ0n) is 14.1. The van der Waals surface area contributed by atoms with Crippen LogP contribution in [0.25, 0.3) is 0 Å². The van der Waals surface area contributed by atoms with E-state index in [1.807, 2.05) is 13.8 Å². The van der Waals surface area contributed by atoms with Crippen LogP contribution >= 0.6 is 22.6 Å². The second kappa shape index (κ2) is 8.39. The van der Waals surface area contributed by atoms with E-state index in [-0.39, 0.29) is 6.10 Å². The van der Waals surface area contributed by atoms with Crippen LogP contribution in [-0.2, 0) is 6.54 Å². The Labute approximate surface area is 148 Å². The third-order valence-electron chi connectivity index (χ3n) is 4.32. The molecule has 0 heterocycles. The van der Waals surface area contributed by atoms with Crippen LogP contribution in [0.2, 0.25) is 0 Å². The number of methoxy groups -OCH3 is 1. The maximum absolute atomic E-state index is 5.88. The first-order valence-corrected chi connectivity index (χ1v) is 9.35. The van der Waals surface area contributed by atoms with E-state index in [0.29, 0.717) is 6.04 Å². The fraction of sp³-hybridized carbons (Fsp3) is 0.667. The molecule has 2 atom stereocenters. The molecule has 124 valence electrons. The number of hydrogen-bond donors (Lipinski definition) is 1. The smallest absolute Gasteiger partial charge is 0.174 e. The molecule has 1 aromatic rings. The lowest BCUT2D eigenvalue weighted by atomic mass is 9.86. The third-order valence-corrected chi connectivity index (χ3v) is 5.12. The van der Waals surface area contributed by atoms with Gasteiger partial charge in [0.1, 0.15) is 0 Å². The Bertz CT molecular complexity index is 490. The highest BCUT2D eigenvalue weighted by Crippen LogP contribution is 2.35. The number of hydrogen-bond acceptors (Lipinski definition) is 3. The van der Waals surface area contributed by atoms with Gasteiger partial charge in [-0.15, -0.1) is 0 Å². The second-order valence-corrected chi connectivity index (χ2v) is 7.69. The molecule has 1 aliphatic rings. The lowest BCUT2D eigenvalue weighted by molar-refractivity contribution is 0.228. The third kappa shape index (κ3) is 4.75. The summed E-state index contributed by atoms with van der Waals surface area (Å²) in [4.78, 5) is 0. The van der Waals surface area contributed by atoms with Gasteiger partial charge in [0.2, 0.25) is 0 Å². The van der Waals surface area contributed by atoms with Gasteiger partial charge in [-0.2, -0.15) is 0 Å². The van der Waals surface area contributed by atoms with Gasteiger partial charge in [0.05, 0.1) is 16.8 Å². The van der Waals surface area contributed by atoms with Gasteiger partial charge in [-0.05, 0) is 72.9 Å². The first-order valence-electron chi connectivity index (χ1n) is 8.27. The average molecular weight is 417 g/mol. The summed E-state index contributed by atoms with van der Waals surface area (Å²) < 4.78 is 12.5. The van der Waals surface area contributed by atoms with E-state index >= 15 is 0 Å². The lowest BCUT2D eigenvalue weighted by Gasteiger charge is -2.29. The molecule has 0 aromatic heterocycles. The predicted octanol–water partition coefficient (Wildman–Crippen LogP) is 4.76. The minimum atomic E-state index is 0.148. The van der Waals surface area contributed by atoms with Crippen LogP contribution in [-0.4, -0.2) is 19.3 Å². The maximum atomic E-state index is 5.88. The first-order chi connectivity index (χ1) is 10.5. The normalized spacial score (nSPS) is 21.9. The molecule has 1 aliphatic carbocycles. The van der Waals surface area contributed by atoms with Gasteiger partial charge < -0.3 is 14.8 Å². The van der Waals surface area contributed by atoms with Crippen LogP contribution in [0.15, 0.2) is 12.1 Å². The highest BCUT2D eigenvalue weighted by molar-refractivity contribution is 14.1. The number of nitrogens with one attached hydrogen (secondary N) is 1. The van der Waals surface area contributed by atoms with Crippen molar-refractivity contribution in [1.82, 2.24) is 5.32 Å². The highest BCUT2D eigenvalue weighted by Gasteiger charge is 2.21. The Morgan fingerprint density at radius 1 is 1.27 bits per heavy atom. The van der Waals surface area contributed by atoms with E-state index in [1.54, 1.807) is 7.11 Å². The second-order valence-electron chi connectivity index (χ2n) is 6.52. The fourth-order valence-corrected chi connectivity index (χ4v) is 3.89. The molecule has 1 fully saturated rings. The van der Waals surface area contributed by atoms with E-state index in [1.165, 1.54) is 31.2 Å². The monoisotopic (exact) mass is 417 g/mol. The molecular formula is C18H28INO2. The van der Waals surface area contributed by atoms with Gasteiger partial charge in [-0.1, -0.05) is 19.8 Å². The molecule has 0 aliphatic heterocycles. The van der Waals surface area contributed by atoms with Gasteiger partial charge in [-0.25, -0.2) is 0 Å². The number of halogens is 1. The summed E-state index contributed by atoms with van der Waals surface area (Å²) >= 11 is 2.33. The highest BCUT2D eigenvalue weighted by atomic mass is 127. The van der Waals surface area contributed by atoms with Gasteiger partial charge in [0.25, 0.3) is 0 Å². The van der Waals surface area contributed by atoms with Gasteiger partial charge in [0.15, 0.2) is 11.5 Å². The Balaban J connectivity index is 2.06. The molecule has 4 heteroatoms. The van der Waals surface area contributed by atoms with Crippen molar-refractivity contribution in [3.63, 3.8) is 0 Å². The van der Waals surface area contributed by atoms with E-state index in [9.17, 15) is 0 Å². The standard InChI is InChI=1S/C18H28INO2/c1-12(2)22-18-15(19)9-14(10-17(18)21-4)11-20-16-8-6-5-7-13(16)3/h9-10,12-13,16,20H,5-8,11H2,1-4H3. The summed E-state index contributed by atoms with van der Waals surface area (Å²) in [5.74, 6) is 2.46. The van der Waals surface area contributed by atoms with Crippen LogP contribution in [0.1, 0.15) is 52.0 Å². The molecule has 0 saturated heterocycles. The molecule has 3 nitrogen and oxygen atoms in total. The summed E-state index contributed by atoms with van der Waals surface area (Å²) in [6.07, 6.45) is 5.52. The average Bonchev–Trinajstić information content (AvgIpc) is 2.48. The summed E-state index contributed by atoms with van der Waals surface area (Å²) in [6.45, 7) is 7.33. The van der Waals surface area contributed by atoms with Crippen LogP contribution in [0.5, 0.6) is 11.5 Å². The molecule has 0 radical (unpaired) electrons. The van der Waals surface area contributed by atoms with Crippen LogP contribution in [0.3, 0.4) is 0 Å². The van der Waals surface area contributed by atoms with Crippen LogP contribution in [0, 0.1) is 9.49 Å². The van der Waals surface area contributed by atoms with Crippen molar-refractivity contribution in [3.05, 3.63) is 21.3 Å². The summed E-state index contributed by atoms with van der Waals surface area (Å²) in [5.41, 5.74) is 1.26. The van der Waals surface area contributed by atoms with Gasteiger partial charge >= 0.3 is 0 Å². The van der Waals surface area contributed by atoms with E-state index in [0.717, 1.165) is 27.5 Å². The van der Waals surface area contributed by atoms with Crippen LogP contribution < -0.4 is 14.8 Å². The first kappa shape index (κ1) is 17.9. The largest absolute Gasteiger partial charge is 0.493 e. The molecule has 0 amide bonds. The molecule has 2 unspecified atom stereocenters. The zero-order valence-corrected chi connectivity index (χ0v) is 16.3. The topological polar surface area (TPSA) is 30.5 Å². The maximum Gasteiger partial charge on any atom is 0.174 e. The molecule has 22 heavy (non-hydrogen) atoms. The lowest BCUT2D eigenvalue weighted by Crippen LogP contribution is -2.36. The van der Waals surface area contributed by atoms with Crippen molar-refractivity contribution in [2.75, 3.05) is 7.11 Å². The van der Waals surface area contributed by atoms with Crippen molar-refractivity contribution in [2.24, 2.45) is 5.92 Å². The molecule has 1 aromatic carbocycles. The molecular weight excluding hydrogens is 389 g/mol. The quantitative estimate of drug-likeness (QED) is 0.678. The Kier molecular flexibility index (Phi) is 6.81. The van der Waals surface area contributed by atoms with E-state index < -0.39 is 0 Å². The van der Waals surface area contributed by atoms with Crippen molar-refractivity contribution < 1.29 is 9.47 Å². The SMILES string of the molecule is COc1cc(CNC2CCCCC2C)cc(I)c1OC(C)C. The molecule has 2 rings (SSSR count). The summed E-state index contributed by atoms with van der Waals surface area (Å²) in [6, 6.07) is 4.94. The van der Waals surface area contributed by atoms with Gasteiger partial charge in [0, 0.05) is 12.6 Å². The summed E-state index contributed by atoms with van der Waals surface area (Å²) in [5, 5.41) is 3.73. The number of benzene rings is 1. The Morgan fingerprint density at radius 2 is 2.00 bits per heavy atom. The fourth-order valence-electron chi connectivity index (χ4n) is 3.09. The van der Waals surface area contributed by atoms with Crippen LogP contribution in [0.4, 0.5) is 0 Å². The van der Waals surface area contributed by atoms with Crippen molar-refractivity contribution >= 4 is 22.6 Å². The molecule has 1 N–H and O–H groups in total. The van der Waals surface area contributed by atoms with E-state index in [2.05, 4.69) is 47.0 Å². The zero-order chi connectivity index (χ0) is 16.1. The minimum Gasteiger partial charge on any atom is -0.493 e. The molecule has 0 bridgehead atoms. The van der Waals surface area contributed by atoms with E-state index in [4.69, 9.17) is 9.47 Å². The Hall–Kier alpha value is -0.490. The molecule has 0 spiro atoms. The Morgan fingerprint density at radius 3 is 2.64 bits per heavy atom. The minimum absolute atomic E-state index is 0.148. The van der Waals surface area contributed by atoms with Crippen molar-refractivity contribution in [2.45, 2.75) is 65.1 Å².